The Morgan fingerprint density at radius 1 is 1.48 bits per heavy atom. The summed E-state index contributed by atoms with van der Waals surface area (Å²) in [6, 6.07) is 6.48. The standard InChI is InChI=1S/C15H19BrN2O3/c1-10-7-11(4-5-12(10)16)13-3-2-6-18(13)9-14(19)17-8-15(20)21/h4-5,7,13H,2-3,6,8-9H2,1H3,(H,17,19)(H,20,21). The fraction of sp³-hybridized carbons (Fsp3) is 0.467. The maximum Gasteiger partial charge on any atom is 0.322 e. The SMILES string of the molecule is Cc1cc(C2CCCN2CC(=O)NCC(=O)O)ccc1Br. The lowest BCUT2D eigenvalue weighted by atomic mass is 10.0. The van der Waals surface area contributed by atoms with Crippen LogP contribution < -0.4 is 5.32 Å². The minimum atomic E-state index is -1.02. The third-order valence-electron chi connectivity index (χ3n) is 3.71. The van der Waals surface area contributed by atoms with E-state index in [1.165, 1.54) is 11.1 Å². The number of amides is 1. The molecule has 114 valence electrons. The summed E-state index contributed by atoms with van der Waals surface area (Å²) in [6.45, 7) is 2.83. The average molecular weight is 355 g/mol. The topological polar surface area (TPSA) is 69.6 Å². The zero-order chi connectivity index (χ0) is 15.4. The second-order valence-electron chi connectivity index (χ2n) is 5.31. The van der Waals surface area contributed by atoms with Crippen LogP contribution in [0.3, 0.4) is 0 Å². The maximum atomic E-state index is 11.8. The van der Waals surface area contributed by atoms with Gasteiger partial charge in [-0.2, -0.15) is 0 Å². The molecule has 5 nitrogen and oxygen atoms in total. The zero-order valence-electron chi connectivity index (χ0n) is 11.9. The number of hydrogen-bond acceptors (Lipinski definition) is 3. The summed E-state index contributed by atoms with van der Waals surface area (Å²) in [4.78, 5) is 24.4. The van der Waals surface area contributed by atoms with Gasteiger partial charge in [-0.15, -0.1) is 0 Å². The largest absolute Gasteiger partial charge is 0.480 e. The molecule has 1 fully saturated rings. The predicted molar refractivity (Wildman–Crippen MR) is 83.1 cm³/mol. The lowest BCUT2D eigenvalue weighted by Crippen LogP contribution is -2.39. The van der Waals surface area contributed by atoms with Crippen molar-refractivity contribution in [3.05, 3.63) is 33.8 Å². The highest BCUT2D eigenvalue weighted by molar-refractivity contribution is 9.10. The number of carbonyl (C=O) groups excluding carboxylic acids is 1. The number of likely N-dealkylation sites (tertiary alicyclic amines) is 1. The summed E-state index contributed by atoms with van der Waals surface area (Å²) >= 11 is 3.49. The van der Waals surface area contributed by atoms with E-state index in [1.807, 2.05) is 13.0 Å². The molecule has 1 saturated heterocycles. The Bertz CT molecular complexity index is 548. The molecule has 0 radical (unpaired) electrons. The van der Waals surface area contributed by atoms with Crippen molar-refractivity contribution in [3.8, 4) is 0 Å². The molecule has 2 N–H and O–H groups in total. The Labute approximate surface area is 132 Å². The summed E-state index contributed by atoms with van der Waals surface area (Å²) in [5, 5.41) is 11.0. The number of aryl methyl sites for hydroxylation is 1. The zero-order valence-corrected chi connectivity index (χ0v) is 13.5. The molecule has 1 amide bonds. The molecule has 0 saturated carbocycles. The number of benzene rings is 1. The first-order valence-corrected chi connectivity index (χ1v) is 7.75. The number of carbonyl (C=O) groups is 2. The van der Waals surface area contributed by atoms with Crippen molar-refractivity contribution in [3.63, 3.8) is 0 Å². The third-order valence-corrected chi connectivity index (χ3v) is 4.60. The lowest BCUT2D eigenvalue weighted by molar-refractivity contribution is -0.138. The van der Waals surface area contributed by atoms with E-state index in [0.29, 0.717) is 0 Å². The van der Waals surface area contributed by atoms with Crippen molar-refractivity contribution < 1.29 is 14.7 Å². The van der Waals surface area contributed by atoms with Crippen LogP contribution in [0.5, 0.6) is 0 Å². The highest BCUT2D eigenvalue weighted by Crippen LogP contribution is 2.33. The number of carboxylic acid groups (broad SMARTS) is 1. The first kappa shape index (κ1) is 16.0. The molecular formula is C15H19BrN2O3. The maximum absolute atomic E-state index is 11.8. The number of aliphatic carboxylic acids is 1. The number of nitrogens with zero attached hydrogens (tertiary/aromatic N) is 1. The van der Waals surface area contributed by atoms with Gasteiger partial charge < -0.3 is 10.4 Å². The molecule has 1 aromatic rings. The monoisotopic (exact) mass is 354 g/mol. The van der Waals surface area contributed by atoms with Crippen molar-refractivity contribution >= 4 is 27.8 Å². The van der Waals surface area contributed by atoms with E-state index in [9.17, 15) is 9.59 Å². The van der Waals surface area contributed by atoms with E-state index in [-0.39, 0.29) is 25.0 Å². The van der Waals surface area contributed by atoms with Crippen LogP contribution in [-0.4, -0.2) is 41.5 Å². The van der Waals surface area contributed by atoms with E-state index in [1.54, 1.807) is 0 Å². The van der Waals surface area contributed by atoms with Crippen LogP contribution in [-0.2, 0) is 9.59 Å². The first-order chi connectivity index (χ1) is 9.97. The summed E-state index contributed by atoms with van der Waals surface area (Å²) in [5.74, 6) is -1.26. The van der Waals surface area contributed by atoms with E-state index >= 15 is 0 Å². The molecule has 0 aliphatic carbocycles. The Hall–Kier alpha value is -1.40. The van der Waals surface area contributed by atoms with Crippen LogP contribution in [0.2, 0.25) is 0 Å². The van der Waals surface area contributed by atoms with E-state index in [4.69, 9.17) is 5.11 Å². The second kappa shape index (κ2) is 7.04. The molecule has 1 atom stereocenters. The van der Waals surface area contributed by atoms with Gasteiger partial charge in [0.25, 0.3) is 0 Å². The van der Waals surface area contributed by atoms with Gasteiger partial charge in [0.1, 0.15) is 6.54 Å². The molecule has 2 rings (SSSR count). The second-order valence-corrected chi connectivity index (χ2v) is 6.16. The fourth-order valence-electron chi connectivity index (χ4n) is 2.68. The minimum absolute atomic E-state index is 0.229. The number of nitrogens with one attached hydrogen (secondary N) is 1. The van der Waals surface area contributed by atoms with Gasteiger partial charge in [0, 0.05) is 10.5 Å². The smallest absolute Gasteiger partial charge is 0.322 e. The highest BCUT2D eigenvalue weighted by atomic mass is 79.9. The van der Waals surface area contributed by atoms with Crippen molar-refractivity contribution in [2.45, 2.75) is 25.8 Å². The molecule has 21 heavy (non-hydrogen) atoms. The van der Waals surface area contributed by atoms with E-state index in [2.05, 4.69) is 38.3 Å². The Morgan fingerprint density at radius 2 is 2.24 bits per heavy atom. The van der Waals surface area contributed by atoms with Gasteiger partial charge in [-0.25, -0.2) is 0 Å². The van der Waals surface area contributed by atoms with Crippen molar-refractivity contribution in [1.82, 2.24) is 10.2 Å². The molecule has 1 unspecified atom stereocenters. The van der Waals surface area contributed by atoms with Gasteiger partial charge in [0.2, 0.25) is 5.91 Å². The minimum Gasteiger partial charge on any atom is -0.480 e. The average Bonchev–Trinajstić information content (AvgIpc) is 2.87. The third kappa shape index (κ3) is 4.28. The van der Waals surface area contributed by atoms with Gasteiger partial charge in [0.15, 0.2) is 0 Å². The summed E-state index contributed by atoms with van der Waals surface area (Å²) in [6.07, 6.45) is 2.07. The summed E-state index contributed by atoms with van der Waals surface area (Å²) in [7, 11) is 0. The Morgan fingerprint density at radius 3 is 2.90 bits per heavy atom. The molecule has 0 bridgehead atoms. The fourth-order valence-corrected chi connectivity index (χ4v) is 2.93. The highest BCUT2D eigenvalue weighted by Gasteiger charge is 2.27. The molecule has 0 aromatic heterocycles. The molecule has 1 aliphatic heterocycles. The van der Waals surface area contributed by atoms with Crippen LogP contribution in [0.4, 0.5) is 0 Å². The summed E-state index contributed by atoms with van der Waals surface area (Å²) in [5.41, 5.74) is 2.38. The lowest BCUT2D eigenvalue weighted by Gasteiger charge is -2.24. The normalized spacial score (nSPS) is 18.7. The van der Waals surface area contributed by atoms with Gasteiger partial charge in [-0.1, -0.05) is 28.1 Å². The first-order valence-electron chi connectivity index (χ1n) is 6.96. The number of carboxylic acids is 1. The van der Waals surface area contributed by atoms with Crippen LogP contribution in [0.15, 0.2) is 22.7 Å². The van der Waals surface area contributed by atoms with Crippen molar-refractivity contribution in [1.29, 1.82) is 0 Å². The molecule has 0 spiro atoms. The molecule has 1 aliphatic rings. The quantitative estimate of drug-likeness (QED) is 0.849. The van der Waals surface area contributed by atoms with Crippen LogP contribution >= 0.6 is 15.9 Å². The summed E-state index contributed by atoms with van der Waals surface area (Å²) < 4.78 is 1.08. The Balaban J connectivity index is 2.01. The molecule has 6 heteroatoms. The number of rotatable bonds is 5. The van der Waals surface area contributed by atoms with Crippen molar-refractivity contribution in [2.75, 3.05) is 19.6 Å². The Kier molecular flexibility index (Phi) is 5.36. The number of halogens is 1. The number of hydrogen-bond donors (Lipinski definition) is 2. The van der Waals surface area contributed by atoms with Gasteiger partial charge in [-0.05, 0) is 43.5 Å². The molecule has 1 heterocycles. The predicted octanol–water partition coefficient (Wildman–Crippen LogP) is 2.10. The van der Waals surface area contributed by atoms with Gasteiger partial charge in [0.05, 0.1) is 6.54 Å². The molecular weight excluding hydrogens is 336 g/mol. The van der Waals surface area contributed by atoms with Crippen LogP contribution in [0.25, 0.3) is 0 Å². The van der Waals surface area contributed by atoms with Gasteiger partial charge in [-0.3, -0.25) is 14.5 Å². The molecule has 1 aromatic carbocycles. The van der Waals surface area contributed by atoms with E-state index in [0.717, 1.165) is 23.9 Å². The van der Waals surface area contributed by atoms with Gasteiger partial charge >= 0.3 is 5.97 Å². The van der Waals surface area contributed by atoms with Crippen molar-refractivity contribution in [2.24, 2.45) is 0 Å². The van der Waals surface area contributed by atoms with E-state index < -0.39 is 5.97 Å². The van der Waals surface area contributed by atoms with Crippen LogP contribution in [0.1, 0.15) is 30.0 Å². The van der Waals surface area contributed by atoms with Crippen LogP contribution in [0, 0.1) is 6.92 Å².